The molecule has 2 aromatic heterocycles. The lowest BCUT2D eigenvalue weighted by Gasteiger charge is -2.32. The number of piperidine rings is 1. The van der Waals surface area contributed by atoms with Gasteiger partial charge in [0, 0.05) is 63.3 Å². The molecule has 2 aromatic rings. The highest BCUT2D eigenvalue weighted by molar-refractivity contribution is 5.83. The summed E-state index contributed by atoms with van der Waals surface area (Å²) < 4.78 is 1.85. The third-order valence-corrected chi connectivity index (χ3v) is 4.66. The van der Waals surface area contributed by atoms with Gasteiger partial charge in [-0.1, -0.05) is 6.07 Å². The van der Waals surface area contributed by atoms with Gasteiger partial charge >= 0.3 is 0 Å². The van der Waals surface area contributed by atoms with Crippen molar-refractivity contribution < 1.29 is 9.59 Å². The van der Waals surface area contributed by atoms with E-state index in [0.717, 1.165) is 18.7 Å². The lowest BCUT2D eigenvalue weighted by Crippen LogP contribution is -2.46. The van der Waals surface area contributed by atoms with E-state index in [9.17, 15) is 9.59 Å². The number of aryl methyl sites for hydroxylation is 1. The molecule has 7 heteroatoms. The van der Waals surface area contributed by atoms with Gasteiger partial charge in [-0.15, -0.1) is 0 Å². The van der Waals surface area contributed by atoms with Crippen LogP contribution in [0.5, 0.6) is 0 Å². The summed E-state index contributed by atoms with van der Waals surface area (Å²) in [5, 5.41) is 7.13. The van der Waals surface area contributed by atoms with Crippen LogP contribution in [0.2, 0.25) is 0 Å². The number of hydrogen-bond acceptors (Lipinski definition) is 4. The van der Waals surface area contributed by atoms with Gasteiger partial charge in [-0.05, 0) is 31.0 Å². The van der Waals surface area contributed by atoms with Gasteiger partial charge in [-0.2, -0.15) is 5.10 Å². The molecule has 3 heterocycles. The van der Waals surface area contributed by atoms with Crippen LogP contribution in [0.1, 0.15) is 25.0 Å². The molecule has 0 aromatic carbocycles. The van der Waals surface area contributed by atoms with Crippen molar-refractivity contribution in [2.24, 2.45) is 5.92 Å². The highest BCUT2D eigenvalue weighted by Gasteiger charge is 2.29. The predicted molar refractivity (Wildman–Crippen MR) is 97.1 cm³/mol. The Morgan fingerprint density at radius 2 is 2.15 bits per heavy atom. The monoisotopic (exact) mass is 355 g/mol. The summed E-state index contributed by atoms with van der Waals surface area (Å²) in [6.45, 7) is 2.51. The number of aromatic nitrogens is 3. The van der Waals surface area contributed by atoms with Gasteiger partial charge in [-0.25, -0.2) is 0 Å². The Morgan fingerprint density at radius 1 is 1.23 bits per heavy atom. The average Bonchev–Trinajstić information content (AvgIpc) is 3.19. The maximum absolute atomic E-state index is 12.4. The molecule has 0 saturated carbocycles. The lowest BCUT2D eigenvalue weighted by molar-refractivity contribution is -0.138. The summed E-state index contributed by atoms with van der Waals surface area (Å²) in [6, 6.07) is 7.66. The first-order valence-corrected chi connectivity index (χ1v) is 9.15. The molecular formula is C19H25N5O2. The van der Waals surface area contributed by atoms with Gasteiger partial charge in [0.15, 0.2) is 0 Å². The molecule has 7 nitrogen and oxygen atoms in total. The van der Waals surface area contributed by atoms with Crippen molar-refractivity contribution in [1.82, 2.24) is 25.0 Å². The Kier molecular flexibility index (Phi) is 6.35. The molecule has 1 aliphatic heterocycles. The zero-order chi connectivity index (χ0) is 18.2. The van der Waals surface area contributed by atoms with Crippen LogP contribution in [0.25, 0.3) is 0 Å². The summed E-state index contributed by atoms with van der Waals surface area (Å²) in [5.74, 6) is 0.0469. The van der Waals surface area contributed by atoms with E-state index in [-0.39, 0.29) is 17.7 Å². The van der Waals surface area contributed by atoms with Crippen LogP contribution in [-0.2, 0) is 22.6 Å². The van der Waals surface area contributed by atoms with Crippen LogP contribution in [-0.4, -0.2) is 51.1 Å². The molecule has 0 spiro atoms. The number of pyridine rings is 1. The third kappa shape index (κ3) is 5.15. The van der Waals surface area contributed by atoms with E-state index in [4.69, 9.17) is 0 Å². The number of hydrogen-bond donors (Lipinski definition) is 1. The predicted octanol–water partition coefficient (Wildman–Crippen LogP) is 1.27. The molecular weight excluding hydrogens is 330 g/mol. The molecule has 1 fully saturated rings. The van der Waals surface area contributed by atoms with Gasteiger partial charge in [0.05, 0.1) is 5.92 Å². The summed E-state index contributed by atoms with van der Waals surface area (Å²) >= 11 is 0. The Bertz CT molecular complexity index is 702. The van der Waals surface area contributed by atoms with Crippen molar-refractivity contribution in [2.45, 2.75) is 32.2 Å². The first-order valence-electron chi connectivity index (χ1n) is 9.15. The molecule has 1 unspecified atom stereocenters. The van der Waals surface area contributed by atoms with E-state index >= 15 is 0 Å². The van der Waals surface area contributed by atoms with Crippen LogP contribution in [0.15, 0.2) is 42.9 Å². The van der Waals surface area contributed by atoms with E-state index in [0.29, 0.717) is 38.9 Å². The first-order chi connectivity index (χ1) is 12.7. The fourth-order valence-corrected chi connectivity index (χ4v) is 3.17. The second-order valence-electron chi connectivity index (χ2n) is 6.56. The molecule has 1 saturated heterocycles. The summed E-state index contributed by atoms with van der Waals surface area (Å²) in [7, 11) is 0. The van der Waals surface area contributed by atoms with Crippen molar-refractivity contribution in [3.05, 3.63) is 48.5 Å². The van der Waals surface area contributed by atoms with Gasteiger partial charge in [0.2, 0.25) is 11.8 Å². The Morgan fingerprint density at radius 3 is 2.92 bits per heavy atom. The number of rotatable bonds is 8. The van der Waals surface area contributed by atoms with E-state index < -0.39 is 0 Å². The van der Waals surface area contributed by atoms with Crippen molar-refractivity contribution in [3.8, 4) is 0 Å². The van der Waals surface area contributed by atoms with Crippen LogP contribution in [0, 0.1) is 5.92 Å². The van der Waals surface area contributed by atoms with E-state index in [1.807, 2.05) is 35.1 Å². The van der Waals surface area contributed by atoms with E-state index in [1.54, 1.807) is 17.3 Å². The third-order valence-electron chi connectivity index (χ3n) is 4.66. The summed E-state index contributed by atoms with van der Waals surface area (Å²) in [4.78, 5) is 30.6. The van der Waals surface area contributed by atoms with Gasteiger partial charge in [0.25, 0.3) is 0 Å². The van der Waals surface area contributed by atoms with Gasteiger partial charge in [0.1, 0.15) is 0 Å². The molecule has 138 valence electrons. The van der Waals surface area contributed by atoms with Gasteiger partial charge in [-0.3, -0.25) is 19.3 Å². The SMILES string of the molecule is O=C(NCCCn1cccn1)C1CCC(=O)N(CCc2ccccn2)C1. The number of carbonyl (C=O) groups is 2. The highest BCUT2D eigenvalue weighted by atomic mass is 16.2. The highest BCUT2D eigenvalue weighted by Crippen LogP contribution is 2.18. The maximum atomic E-state index is 12.4. The minimum Gasteiger partial charge on any atom is -0.356 e. The summed E-state index contributed by atoms with van der Waals surface area (Å²) in [5.41, 5.74) is 0.963. The minimum atomic E-state index is -0.124. The number of likely N-dealkylation sites (tertiary alicyclic amines) is 1. The molecule has 26 heavy (non-hydrogen) atoms. The van der Waals surface area contributed by atoms with Crippen LogP contribution in [0.3, 0.4) is 0 Å². The Balaban J connectivity index is 1.41. The van der Waals surface area contributed by atoms with Crippen LogP contribution in [0.4, 0.5) is 0 Å². The van der Waals surface area contributed by atoms with Crippen molar-refractivity contribution >= 4 is 11.8 Å². The lowest BCUT2D eigenvalue weighted by atomic mass is 9.96. The number of nitrogens with one attached hydrogen (secondary N) is 1. The molecule has 0 bridgehead atoms. The maximum Gasteiger partial charge on any atom is 0.224 e. The molecule has 1 atom stereocenters. The normalized spacial score (nSPS) is 17.3. The Hall–Kier alpha value is -2.70. The first kappa shape index (κ1) is 18.1. The Labute approximate surface area is 153 Å². The average molecular weight is 355 g/mol. The molecule has 2 amide bonds. The van der Waals surface area contributed by atoms with E-state index in [1.165, 1.54) is 0 Å². The zero-order valence-corrected chi connectivity index (χ0v) is 14.9. The topological polar surface area (TPSA) is 80.1 Å². The molecule has 0 radical (unpaired) electrons. The quantitative estimate of drug-likeness (QED) is 0.723. The molecule has 0 aliphatic carbocycles. The fraction of sp³-hybridized carbons (Fsp3) is 0.474. The second kappa shape index (κ2) is 9.12. The van der Waals surface area contributed by atoms with Gasteiger partial charge < -0.3 is 10.2 Å². The number of carbonyl (C=O) groups excluding carboxylic acids is 2. The second-order valence-corrected chi connectivity index (χ2v) is 6.56. The van der Waals surface area contributed by atoms with Crippen molar-refractivity contribution in [3.63, 3.8) is 0 Å². The molecule has 3 rings (SSSR count). The van der Waals surface area contributed by atoms with Crippen LogP contribution < -0.4 is 5.32 Å². The smallest absolute Gasteiger partial charge is 0.224 e. The minimum absolute atomic E-state index is 0.0424. The molecule has 1 N–H and O–H groups in total. The van der Waals surface area contributed by atoms with Crippen molar-refractivity contribution in [2.75, 3.05) is 19.6 Å². The fourth-order valence-electron chi connectivity index (χ4n) is 3.17. The number of nitrogens with zero attached hydrogens (tertiary/aromatic N) is 4. The largest absolute Gasteiger partial charge is 0.356 e. The van der Waals surface area contributed by atoms with Crippen molar-refractivity contribution in [1.29, 1.82) is 0 Å². The zero-order valence-electron chi connectivity index (χ0n) is 14.9. The number of amides is 2. The standard InChI is InChI=1S/C19H25N5O2/c25-18-7-6-16(15-23(18)14-8-17-5-1-2-9-20-17)19(26)21-10-3-12-24-13-4-11-22-24/h1-2,4-5,9,11,13,16H,3,6-8,10,12,14-15H2,(H,21,26). The van der Waals surface area contributed by atoms with Crippen LogP contribution >= 0.6 is 0 Å². The van der Waals surface area contributed by atoms with E-state index in [2.05, 4.69) is 15.4 Å². The summed E-state index contributed by atoms with van der Waals surface area (Å²) in [6.07, 6.45) is 8.03. The molecule has 1 aliphatic rings.